The first kappa shape index (κ1) is 21.6. The number of carbonyl (C=O) groups excluding carboxylic acids is 2. The number of hydrogen-bond donors (Lipinski definition) is 1. The van der Waals surface area contributed by atoms with Crippen molar-refractivity contribution in [3.05, 3.63) is 100 Å². The summed E-state index contributed by atoms with van der Waals surface area (Å²) in [5.41, 5.74) is -0.0244. The first-order chi connectivity index (χ1) is 15.2. The summed E-state index contributed by atoms with van der Waals surface area (Å²) >= 11 is 5.94. The topological polar surface area (TPSA) is 62.3 Å². The molecule has 0 spiro atoms. The quantitative estimate of drug-likeness (QED) is 0.538. The average molecular weight is 458 g/mol. The SMILES string of the molecule is O=C1C(Nc2cccc(C(F)(F)F)c2)=C(c2ccc(Cl)cc2)C(=O)N1Cc1ccccn1. The molecule has 1 N–H and O–H groups in total. The van der Waals surface area contributed by atoms with E-state index in [0.29, 0.717) is 16.3 Å². The molecule has 2 heterocycles. The van der Waals surface area contributed by atoms with Crippen molar-refractivity contribution in [2.45, 2.75) is 12.7 Å². The lowest BCUT2D eigenvalue weighted by Crippen LogP contribution is -2.32. The van der Waals surface area contributed by atoms with Gasteiger partial charge in [-0.1, -0.05) is 35.9 Å². The number of rotatable bonds is 5. The zero-order chi connectivity index (χ0) is 22.9. The van der Waals surface area contributed by atoms with Crippen molar-refractivity contribution >= 4 is 34.7 Å². The number of anilines is 1. The highest BCUT2D eigenvalue weighted by atomic mass is 35.5. The van der Waals surface area contributed by atoms with Gasteiger partial charge in [0.1, 0.15) is 5.70 Å². The zero-order valence-corrected chi connectivity index (χ0v) is 17.1. The maximum Gasteiger partial charge on any atom is 0.416 e. The minimum atomic E-state index is -4.55. The highest BCUT2D eigenvalue weighted by Crippen LogP contribution is 2.34. The van der Waals surface area contributed by atoms with Crippen molar-refractivity contribution in [1.29, 1.82) is 0 Å². The molecule has 2 aromatic carbocycles. The Bertz CT molecular complexity index is 1210. The van der Waals surface area contributed by atoms with E-state index in [4.69, 9.17) is 11.6 Å². The number of halogens is 4. The Morgan fingerprint density at radius 3 is 2.34 bits per heavy atom. The standard InChI is InChI=1S/C23H15ClF3N3O2/c24-16-9-7-14(8-10-16)19-20(29-17-6-3-4-15(12-17)23(25,26)27)22(32)30(21(19)31)13-18-5-1-2-11-28-18/h1-12,29H,13H2. The molecule has 0 aliphatic carbocycles. The van der Waals surface area contributed by atoms with Crippen LogP contribution in [0.2, 0.25) is 5.02 Å². The van der Waals surface area contributed by atoms with E-state index in [1.807, 2.05) is 0 Å². The highest BCUT2D eigenvalue weighted by molar-refractivity contribution is 6.36. The number of amides is 2. The van der Waals surface area contributed by atoms with Gasteiger partial charge in [-0.15, -0.1) is 0 Å². The second-order valence-corrected chi connectivity index (χ2v) is 7.41. The molecule has 9 heteroatoms. The van der Waals surface area contributed by atoms with E-state index in [1.165, 1.54) is 18.3 Å². The number of alkyl halides is 3. The van der Waals surface area contributed by atoms with Crippen LogP contribution < -0.4 is 5.32 Å². The maximum atomic E-state index is 13.2. The van der Waals surface area contributed by atoms with E-state index in [2.05, 4.69) is 10.3 Å². The molecule has 0 saturated heterocycles. The van der Waals surface area contributed by atoms with Crippen LogP contribution in [0.25, 0.3) is 5.57 Å². The van der Waals surface area contributed by atoms with E-state index in [9.17, 15) is 22.8 Å². The van der Waals surface area contributed by atoms with Crippen molar-refractivity contribution in [2.24, 2.45) is 0 Å². The Kier molecular flexibility index (Phi) is 5.71. The lowest BCUT2D eigenvalue weighted by atomic mass is 10.0. The molecule has 0 atom stereocenters. The Labute approximate surface area is 186 Å². The summed E-state index contributed by atoms with van der Waals surface area (Å²) in [6.07, 6.45) is -3.01. The number of imide groups is 1. The smallest absolute Gasteiger partial charge is 0.350 e. The van der Waals surface area contributed by atoms with Gasteiger partial charge in [0, 0.05) is 16.9 Å². The fourth-order valence-electron chi connectivity index (χ4n) is 3.29. The van der Waals surface area contributed by atoms with Gasteiger partial charge in [0.2, 0.25) is 0 Å². The third kappa shape index (κ3) is 4.36. The zero-order valence-electron chi connectivity index (χ0n) is 16.4. The number of hydrogen-bond acceptors (Lipinski definition) is 4. The Hall–Kier alpha value is -3.65. The largest absolute Gasteiger partial charge is 0.416 e. The predicted octanol–water partition coefficient (Wildman–Crippen LogP) is 5.15. The van der Waals surface area contributed by atoms with E-state index in [1.54, 1.807) is 42.5 Å². The fourth-order valence-corrected chi connectivity index (χ4v) is 3.42. The third-order valence-corrected chi connectivity index (χ3v) is 5.06. The van der Waals surface area contributed by atoms with E-state index in [0.717, 1.165) is 17.0 Å². The Morgan fingerprint density at radius 1 is 0.938 bits per heavy atom. The van der Waals surface area contributed by atoms with Crippen molar-refractivity contribution in [3.8, 4) is 0 Å². The van der Waals surface area contributed by atoms with Crippen LogP contribution >= 0.6 is 11.6 Å². The molecule has 0 bridgehead atoms. The van der Waals surface area contributed by atoms with Gasteiger partial charge in [-0.2, -0.15) is 13.2 Å². The van der Waals surface area contributed by atoms with Crippen LogP contribution in [-0.2, 0) is 22.3 Å². The van der Waals surface area contributed by atoms with Gasteiger partial charge in [0.15, 0.2) is 0 Å². The second kappa shape index (κ2) is 8.47. The van der Waals surface area contributed by atoms with Gasteiger partial charge in [0.25, 0.3) is 11.8 Å². The molecular formula is C23H15ClF3N3O2. The van der Waals surface area contributed by atoms with Crippen LogP contribution in [0.1, 0.15) is 16.8 Å². The van der Waals surface area contributed by atoms with Crippen LogP contribution in [0.3, 0.4) is 0 Å². The van der Waals surface area contributed by atoms with Gasteiger partial charge >= 0.3 is 6.18 Å². The Morgan fingerprint density at radius 2 is 1.69 bits per heavy atom. The summed E-state index contributed by atoms with van der Waals surface area (Å²) < 4.78 is 39.3. The number of pyridine rings is 1. The molecule has 1 aliphatic heterocycles. The molecule has 0 unspecified atom stereocenters. The van der Waals surface area contributed by atoms with Gasteiger partial charge < -0.3 is 5.32 Å². The molecule has 162 valence electrons. The lowest BCUT2D eigenvalue weighted by Gasteiger charge is -2.15. The fraction of sp³-hybridized carbons (Fsp3) is 0.0870. The molecule has 1 aromatic heterocycles. The molecule has 2 amide bonds. The maximum absolute atomic E-state index is 13.2. The normalized spacial score (nSPS) is 14.3. The van der Waals surface area contributed by atoms with E-state index >= 15 is 0 Å². The summed E-state index contributed by atoms with van der Waals surface area (Å²) in [4.78, 5) is 31.5. The molecule has 0 saturated carbocycles. The number of benzene rings is 2. The molecule has 0 radical (unpaired) electrons. The van der Waals surface area contributed by atoms with Gasteiger partial charge in [0.05, 0.1) is 23.4 Å². The number of carbonyl (C=O) groups is 2. The molecule has 1 aliphatic rings. The molecule has 5 nitrogen and oxygen atoms in total. The van der Waals surface area contributed by atoms with Gasteiger partial charge in [-0.3, -0.25) is 19.5 Å². The first-order valence-electron chi connectivity index (χ1n) is 9.44. The monoisotopic (exact) mass is 457 g/mol. The first-order valence-corrected chi connectivity index (χ1v) is 9.82. The Balaban J connectivity index is 1.75. The second-order valence-electron chi connectivity index (χ2n) is 6.98. The minimum Gasteiger partial charge on any atom is -0.350 e. The average Bonchev–Trinajstić information content (AvgIpc) is 2.99. The van der Waals surface area contributed by atoms with Crippen LogP contribution in [-0.4, -0.2) is 21.7 Å². The highest BCUT2D eigenvalue weighted by Gasteiger charge is 2.39. The van der Waals surface area contributed by atoms with Gasteiger partial charge in [-0.05, 0) is 48.0 Å². The van der Waals surface area contributed by atoms with Gasteiger partial charge in [-0.25, -0.2) is 0 Å². The molecule has 32 heavy (non-hydrogen) atoms. The van der Waals surface area contributed by atoms with Crippen molar-refractivity contribution < 1.29 is 22.8 Å². The lowest BCUT2D eigenvalue weighted by molar-refractivity contribution is -0.138. The number of nitrogens with one attached hydrogen (secondary N) is 1. The van der Waals surface area contributed by atoms with Crippen LogP contribution in [0, 0.1) is 0 Å². The summed E-state index contributed by atoms with van der Waals surface area (Å²) in [5.74, 6) is -1.25. The summed E-state index contributed by atoms with van der Waals surface area (Å²) in [7, 11) is 0. The summed E-state index contributed by atoms with van der Waals surface area (Å²) in [6, 6.07) is 15.8. The van der Waals surface area contributed by atoms with E-state index in [-0.39, 0.29) is 23.5 Å². The molecule has 4 rings (SSSR count). The molecule has 3 aromatic rings. The predicted molar refractivity (Wildman–Crippen MR) is 113 cm³/mol. The van der Waals surface area contributed by atoms with Crippen molar-refractivity contribution in [3.63, 3.8) is 0 Å². The number of aromatic nitrogens is 1. The van der Waals surface area contributed by atoms with E-state index < -0.39 is 23.6 Å². The van der Waals surface area contributed by atoms with Crippen molar-refractivity contribution in [1.82, 2.24) is 9.88 Å². The summed E-state index contributed by atoms with van der Waals surface area (Å²) in [5, 5.41) is 3.16. The minimum absolute atomic E-state index is 0.0297. The molecular weight excluding hydrogens is 443 g/mol. The third-order valence-electron chi connectivity index (χ3n) is 4.81. The van der Waals surface area contributed by atoms with Crippen LogP contribution in [0.4, 0.5) is 18.9 Å². The molecule has 0 fully saturated rings. The number of nitrogens with zero attached hydrogens (tertiary/aromatic N) is 2. The van der Waals surface area contributed by atoms with Crippen LogP contribution in [0.15, 0.2) is 78.6 Å². The van der Waals surface area contributed by atoms with Crippen LogP contribution in [0.5, 0.6) is 0 Å². The van der Waals surface area contributed by atoms with Crippen molar-refractivity contribution in [2.75, 3.05) is 5.32 Å². The summed E-state index contributed by atoms with van der Waals surface area (Å²) in [6.45, 7) is -0.0800.